The molecule has 0 spiro atoms. The number of ether oxygens (including phenoxy) is 3. The van der Waals surface area contributed by atoms with E-state index in [0.717, 1.165) is 4.88 Å². The van der Waals surface area contributed by atoms with Crippen molar-refractivity contribution in [1.29, 1.82) is 0 Å². The zero-order valence-corrected chi connectivity index (χ0v) is 12.7. The van der Waals surface area contributed by atoms with Crippen LogP contribution in [0.25, 0.3) is 21.6 Å². The second kappa shape index (κ2) is 5.57. The number of nitrogens with zero attached hydrogens (tertiary/aromatic N) is 2. The van der Waals surface area contributed by atoms with E-state index in [9.17, 15) is 0 Å². The quantitative estimate of drug-likeness (QED) is 0.739. The normalized spacial score (nSPS) is 10.6. The van der Waals surface area contributed by atoms with E-state index in [2.05, 4.69) is 9.97 Å². The van der Waals surface area contributed by atoms with Crippen molar-refractivity contribution in [2.75, 3.05) is 21.3 Å². The zero-order valence-electron chi connectivity index (χ0n) is 11.9. The fourth-order valence-corrected chi connectivity index (χ4v) is 2.82. The SMILES string of the molecule is COc1nc2c(OC)ccc(OC)c2nc1-c1cccs1. The number of benzene rings is 1. The number of thiophene rings is 1. The first-order chi connectivity index (χ1) is 10.3. The average molecular weight is 302 g/mol. The first-order valence-corrected chi connectivity index (χ1v) is 7.17. The third kappa shape index (κ3) is 2.27. The fraction of sp³-hybridized carbons (Fsp3) is 0.200. The molecule has 0 fully saturated rings. The summed E-state index contributed by atoms with van der Waals surface area (Å²) in [4.78, 5) is 10.2. The van der Waals surface area contributed by atoms with Gasteiger partial charge >= 0.3 is 0 Å². The summed E-state index contributed by atoms with van der Waals surface area (Å²) in [5.41, 5.74) is 1.97. The van der Waals surface area contributed by atoms with Crippen molar-refractivity contribution >= 4 is 22.4 Å². The molecule has 108 valence electrons. The minimum atomic E-state index is 0.469. The van der Waals surface area contributed by atoms with Crippen molar-refractivity contribution in [2.24, 2.45) is 0 Å². The third-order valence-corrected chi connectivity index (χ3v) is 3.98. The molecule has 0 unspecified atom stereocenters. The Morgan fingerprint density at radius 2 is 1.52 bits per heavy atom. The first kappa shape index (κ1) is 13.6. The van der Waals surface area contributed by atoms with E-state index < -0.39 is 0 Å². The highest BCUT2D eigenvalue weighted by molar-refractivity contribution is 7.13. The van der Waals surface area contributed by atoms with Gasteiger partial charge < -0.3 is 14.2 Å². The molecule has 3 aromatic rings. The molecule has 6 heteroatoms. The molecule has 2 heterocycles. The molecular weight excluding hydrogens is 288 g/mol. The Balaban J connectivity index is 2.35. The van der Waals surface area contributed by atoms with E-state index in [-0.39, 0.29) is 0 Å². The standard InChI is InChI=1S/C15H14N2O3S/c1-18-9-6-7-10(19-2)13-12(9)16-14(15(17-13)20-3)11-5-4-8-21-11/h4-8H,1-3H3. The van der Waals surface area contributed by atoms with Crippen molar-refractivity contribution < 1.29 is 14.2 Å². The molecule has 0 bridgehead atoms. The molecule has 3 rings (SSSR count). The summed E-state index contributed by atoms with van der Waals surface area (Å²) in [6.07, 6.45) is 0. The molecular formula is C15H14N2O3S. The fourth-order valence-electron chi connectivity index (χ4n) is 2.12. The number of fused-ring (bicyclic) bond motifs is 1. The highest BCUT2D eigenvalue weighted by Crippen LogP contribution is 2.37. The van der Waals surface area contributed by atoms with Gasteiger partial charge in [-0.3, -0.25) is 0 Å². The van der Waals surface area contributed by atoms with Gasteiger partial charge in [-0.25, -0.2) is 9.97 Å². The third-order valence-electron chi connectivity index (χ3n) is 3.10. The summed E-state index contributed by atoms with van der Waals surface area (Å²) >= 11 is 1.58. The van der Waals surface area contributed by atoms with Crippen LogP contribution >= 0.6 is 11.3 Å². The lowest BCUT2D eigenvalue weighted by Crippen LogP contribution is -1.99. The van der Waals surface area contributed by atoms with Crippen LogP contribution in [0.3, 0.4) is 0 Å². The summed E-state index contributed by atoms with van der Waals surface area (Å²) in [6, 6.07) is 7.57. The van der Waals surface area contributed by atoms with Gasteiger partial charge in [0.25, 0.3) is 0 Å². The van der Waals surface area contributed by atoms with Crippen molar-refractivity contribution in [2.45, 2.75) is 0 Å². The number of methoxy groups -OCH3 is 3. The van der Waals surface area contributed by atoms with Crippen LogP contribution < -0.4 is 14.2 Å². The van der Waals surface area contributed by atoms with Gasteiger partial charge in [-0.1, -0.05) is 6.07 Å². The van der Waals surface area contributed by atoms with Crippen LogP contribution in [-0.4, -0.2) is 31.3 Å². The minimum Gasteiger partial charge on any atom is -0.494 e. The summed E-state index contributed by atoms with van der Waals surface area (Å²) in [5, 5.41) is 1.99. The Hall–Kier alpha value is -2.34. The molecule has 0 aliphatic carbocycles. The molecule has 0 aliphatic rings. The monoisotopic (exact) mass is 302 g/mol. The predicted octanol–water partition coefficient (Wildman–Crippen LogP) is 3.38. The molecule has 2 aromatic heterocycles. The van der Waals surface area contributed by atoms with Crippen LogP contribution in [0, 0.1) is 0 Å². The Morgan fingerprint density at radius 3 is 2.05 bits per heavy atom. The maximum Gasteiger partial charge on any atom is 0.241 e. The van der Waals surface area contributed by atoms with Gasteiger partial charge in [-0.2, -0.15) is 0 Å². The Kier molecular flexibility index (Phi) is 3.62. The second-order valence-electron chi connectivity index (χ2n) is 4.23. The van der Waals surface area contributed by atoms with Crippen molar-refractivity contribution in [1.82, 2.24) is 9.97 Å². The molecule has 0 N–H and O–H groups in total. The van der Waals surface area contributed by atoms with E-state index in [4.69, 9.17) is 14.2 Å². The minimum absolute atomic E-state index is 0.469. The van der Waals surface area contributed by atoms with Gasteiger partial charge in [0, 0.05) is 0 Å². The van der Waals surface area contributed by atoms with Gasteiger partial charge in [0.05, 0.1) is 26.2 Å². The highest BCUT2D eigenvalue weighted by Gasteiger charge is 2.17. The molecule has 0 atom stereocenters. The summed E-state index contributed by atoms with van der Waals surface area (Å²) < 4.78 is 16.1. The Morgan fingerprint density at radius 1 is 0.857 bits per heavy atom. The van der Waals surface area contributed by atoms with Crippen LogP contribution in [0.4, 0.5) is 0 Å². The predicted molar refractivity (Wildman–Crippen MR) is 82.5 cm³/mol. The van der Waals surface area contributed by atoms with Gasteiger partial charge in [0.1, 0.15) is 28.2 Å². The molecule has 0 saturated carbocycles. The zero-order chi connectivity index (χ0) is 14.8. The van der Waals surface area contributed by atoms with Crippen molar-refractivity contribution in [3.05, 3.63) is 29.6 Å². The van der Waals surface area contributed by atoms with E-state index in [1.54, 1.807) is 38.7 Å². The topological polar surface area (TPSA) is 53.5 Å². The molecule has 0 aliphatic heterocycles. The van der Waals surface area contributed by atoms with E-state index in [0.29, 0.717) is 34.1 Å². The van der Waals surface area contributed by atoms with Crippen molar-refractivity contribution in [3.63, 3.8) is 0 Å². The van der Waals surface area contributed by atoms with Crippen LogP contribution in [0.5, 0.6) is 17.4 Å². The first-order valence-electron chi connectivity index (χ1n) is 6.29. The number of hydrogen-bond donors (Lipinski definition) is 0. The Labute approximate surface area is 126 Å². The second-order valence-corrected chi connectivity index (χ2v) is 5.17. The van der Waals surface area contributed by atoms with Gasteiger partial charge in [0.15, 0.2) is 0 Å². The van der Waals surface area contributed by atoms with Crippen LogP contribution in [0.15, 0.2) is 29.6 Å². The number of hydrogen-bond acceptors (Lipinski definition) is 6. The van der Waals surface area contributed by atoms with E-state index >= 15 is 0 Å². The smallest absolute Gasteiger partial charge is 0.241 e. The molecule has 0 radical (unpaired) electrons. The summed E-state index contributed by atoms with van der Waals surface area (Å²) in [7, 11) is 4.79. The maximum atomic E-state index is 5.39. The van der Waals surface area contributed by atoms with Crippen LogP contribution in [0.1, 0.15) is 0 Å². The molecule has 0 saturated heterocycles. The largest absolute Gasteiger partial charge is 0.494 e. The number of aromatic nitrogens is 2. The molecule has 0 amide bonds. The van der Waals surface area contributed by atoms with E-state index in [1.165, 1.54) is 0 Å². The van der Waals surface area contributed by atoms with Gasteiger partial charge in [0.2, 0.25) is 5.88 Å². The lowest BCUT2D eigenvalue weighted by atomic mass is 10.2. The highest BCUT2D eigenvalue weighted by atomic mass is 32.1. The van der Waals surface area contributed by atoms with Crippen LogP contribution in [0.2, 0.25) is 0 Å². The summed E-state index contributed by atoms with van der Waals surface area (Å²) in [5.74, 6) is 1.75. The van der Waals surface area contributed by atoms with Crippen molar-refractivity contribution in [3.8, 4) is 28.0 Å². The van der Waals surface area contributed by atoms with Crippen LogP contribution in [-0.2, 0) is 0 Å². The Bertz CT molecular complexity index is 772. The molecule has 21 heavy (non-hydrogen) atoms. The lowest BCUT2D eigenvalue weighted by Gasteiger charge is -2.12. The number of rotatable bonds is 4. The van der Waals surface area contributed by atoms with E-state index in [1.807, 2.05) is 23.6 Å². The average Bonchev–Trinajstić information content (AvgIpc) is 3.06. The lowest BCUT2D eigenvalue weighted by molar-refractivity contribution is 0.394. The maximum absolute atomic E-state index is 5.39. The molecule has 1 aromatic carbocycles. The summed E-state index contributed by atoms with van der Waals surface area (Å²) in [6.45, 7) is 0. The van der Waals surface area contributed by atoms with Gasteiger partial charge in [-0.05, 0) is 23.6 Å². The molecule has 5 nitrogen and oxygen atoms in total. The van der Waals surface area contributed by atoms with Gasteiger partial charge in [-0.15, -0.1) is 11.3 Å².